The molecule has 1 fully saturated rings. The van der Waals surface area contributed by atoms with Crippen LogP contribution in [0.4, 0.5) is 0 Å². The summed E-state index contributed by atoms with van der Waals surface area (Å²) in [6.07, 6.45) is 1.70. The van der Waals surface area contributed by atoms with E-state index in [-0.39, 0.29) is 18.3 Å². The summed E-state index contributed by atoms with van der Waals surface area (Å²) in [5.41, 5.74) is 2.42. The molecule has 0 amide bonds. The van der Waals surface area contributed by atoms with Crippen molar-refractivity contribution >= 4 is 18.4 Å². The molecule has 1 saturated heterocycles. The van der Waals surface area contributed by atoms with Gasteiger partial charge in [0.2, 0.25) is 0 Å². The Kier molecular flexibility index (Phi) is 6.99. The maximum atomic E-state index is 10.9. The van der Waals surface area contributed by atoms with Gasteiger partial charge < -0.3 is 14.7 Å². The van der Waals surface area contributed by atoms with Gasteiger partial charge in [0.15, 0.2) is 0 Å². The first-order valence-electron chi connectivity index (χ1n) is 7.21. The molecule has 5 heteroatoms. The summed E-state index contributed by atoms with van der Waals surface area (Å²) >= 11 is 0. The minimum Gasteiger partial charge on any atom is -0.494 e. The Morgan fingerprint density at radius 2 is 2.00 bits per heavy atom. The Morgan fingerprint density at radius 3 is 2.57 bits per heavy atom. The first-order chi connectivity index (χ1) is 9.54. The molecule has 1 aliphatic heterocycles. The first-order valence-corrected chi connectivity index (χ1v) is 7.21. The van der Waals surface area contributed by atoms with Gasteiger partial charge in [0, 0.05) is 13.1 Å². The normalized spacial score (nSPS) is 18.3. The third-order valence-corrected chi connectivity index (χ3v) is 3.70. The molecule has 1 N–H and O–H groups in total. The molecule has 4 nitrogen and oxygen atoms in total. The second kappa shape index (κ2) is 8.25. The lowest BCUT2D eigenvalue weighted by atomic mass is 10.1. The van der Waals surface area contributed by atoms with E-state index in [1.807, 2.05) is 12.1 Å². The molecule has 118 valence electrons. The van der Waals surface area contributed by atoms with E-state index in [1.54, 1.807) is 0 Å². The maximum absolute atomic E-state index is 10.9. The average molecular weight is 314 g/mol. The number of likely N-dealkylation sites (tertiary alicyclic amines) is 1. The number of hydrogen-bond acceptors (Lipinski definition) is 3. The van der Waals surface area contributed by atoms with Gasteiger partial charge in [0.05, 0.1) is 12.5 Å². The molecular formula is C16H24ClNO3. The van der Waals surface area contributed by atoms with Gasteiger partial charge in [-0.1, -0.05) is 6.07 Å². The van der Waals surface area contributed by atoms with Crippen molar-refractivity contribution in [3.05, 3.63) is 29.3 Å². The van der Waals surface area contributed by atoms with Crippen molar-refractivity contribution in [2.75, 3.05) is 26.2 Å². The van der Waals surface area contributed by atoms with E-state index in [1.165, 1.54) is 11.1 Å². The third kappa shape index (κ3) is 5.56. The molecular weight excluding hydrogens is 290 g/mol. The van der Waals surface area contributed by atoms with E-state index in [2.05, 4.69) is 24.8 Å². The van der Waals surface area contributed by atoms with Crippen molar-refractivity contribution < 1.29 is 14.6 Å². The minimum absolute atomic E-state index is 0. The highest BCUT2D eigenvalue weighted by atomic mass is 35.5. The standard InChI is InChI=1S/C16H23NO3.ClH/c1-12-8-13(2)10-15(9-12)20-7-3-5-17-6-4-14(11-17)16(18)19;/h8-10,14H,3-7,11H2,1-2H3,(H,18,19);1H. The summed E-state index contributed by atoms with van der Waals surface area (Å²) in [6.45, 7) is 7.29. The fraction of sp³-hybridized carbons (Fsp3) is 0.562. The fourth-order valence-electron chi connectivity index (χ4n) is 2.73. The number of aryl methyl sites for hydroxylation is 2. The number of carboxylic acid groups (broad SMARTS) is 1. The second-order valence-electron chi connectivity index (χ2n) is 5.65. The van der Waals surface area contributed by atoms with Crippen LogP contribution in [-0.4, -0.2) is 42.2 Å². The molecule has 0 aliphatic carbocycles. The molecule has 1 unspecified atom stereocenters. The van der Waals surface area contributed by atoms with Crippen molar-refractivity contribution in [1.29, 1.82) is 0 Å². The SMILES string of the molecule is Cc1cc(C)cc(OCCCN2CCC(C(=O)O)C2)c1.Cl. The zero-order valence-electron chi connectivity index (χ0n) is 12.7. The van der Waals surface area contributed by atoms with Crippen LogP contribution < -0.4 is 4.74 Å². The van der Waals surface area contributed by atoms with Gasteiger partial charge >= 0.3 is 5.97 Å². The number of carbonyl (C=O) groups is 1. The number of ether oxygens (including phenoxy) is 1. The zero-order valence-corrected chi connectivity index (χ0v) is 13.5. The van der Waals surface area contributed by atoms with Crippen LogP contribution in [-0.2, 0) is 4.79 Å². The fourth-order valence-corrected chi connectivity index (χ4v) is 2.73. The lowest BCUT2D eigenvalue weighted by molar-refractivity contribution is -0.141. The molecule has 0 saturated carbocycles. The largest absolute Gasteiger partial charge is 0.494 e. The van der Waals surface area contributed by atoms with Gasteiger partial charge in [-0.15, -0.1) is 12.4 Å². The monoisotopic (exact) mass is 313 g/mol. The first kappa shape index (κ1) is 17.8. The van der Waals surface area contributed by atoms with Crippen LogP contribution in [0.2, 0.25) is 0 Å². The Balaban J connectivity index is 0.00000220. The Hall–Kier alpha value is -1.26. The Bertz CT molecular complexity index is 458. The molecule has 0 spiro atoms. The summed E-state index contributed by atoms with van der Waals surface area (Å²) in [6, 6.07) is 6.22. The van der Waals surface area contributed by atoms with Crippen LogP contribution in [0.15, 0.2) is 18.2 Å². The molecule has 0 radical (unpaired) electrons. The molecule has 1 atom stereocenters. The van der Waals surface area contributed by atoms with Gasteiger partial charge in [-0.3, -0.25) is 4.79 Å². The third-order valence-electron chi connectivity index (χ3n) is 3.70. The van der Waals surface area contributed by atoms with E-state index in [0.29, 0.717) is 13.2 Å². The van der Waals surface area contributed by atoms with Crippen LogP contribution in [0.3, 0.4) is 0 Å². The Morgan fingerprint density at radius 1 is 1.33 bits per heavy atom. The summed E-state index contributed by atoms with van der Waals surface area (Å²) in [5, 5.41) is 8.95. The van der Waals surface area contributed by atoms with Gasteiger partial charge in [0.1, 0.15) is 5.75 Å². The number of hydrogen-bond donors (Lipinski definition) is 1. The van der Waals surface area contributed by atoms with E-state index in [9.17, 15) is 4.79 Å². The highest BCUT2D eigenvalue weighted by Crippen LogP contribution is 2.18. The molecule has 1 aromatic carbocycles. The van der Waals surface area contributed by atoms with E-state index in [4.69, 9.17) is 9.84 Å². The summed E-state index contributed by atoms with van der Waals surface area (Å²) in [5.74, 6) is 0.0710. The number of aliphatic carboxylic acids is 1. The molecule has 2 rings (SSSR count). The molecule has 0 aromatic heterocycles. The van der Waals surface area contributed by atoms with E-state index < -0.39 is 5.97 Å². The van der Waals surface area contributed by atoms with Gasteiger partial charge in [-0.25, -0.2) is 0 Å². The van der Waals surface area contributed by atoms with Crippen LogP contribution in [0, 0.1) is 19.8 Å². The highest BCUT2D eigenvalue weighted by Gasteiger charge is 2.27. The zero-order chi connectivity index (χ0) is 14.5. The van der Waals surface area contributed by atoms with Gasteiger partial charge in [-0.05, 0) is 56.5 Å². The number of carboxylic acids is 1. The number of benzene rings is 1. The summed E-state index contributed by atoms with van der Waals surface area (Å²) < 4.78 is 5.76. The number of rotatable bonds is 6. The average Bonchev–Trinajstić information content (AvgIpc) is 2.82. The predicted molar refractivity (Wildman–Crippen MR) is 85.5 cm³/mol. The van der Waals surface area contributed by atoms with Crippen molar-refractivity contribution in [2.24, 2.45) is 5.92 Å². The van der Waals surface area contributed by atoms with E-state index >= 15 is 0 Å². The summed E-state index contributed by atoms with van der Waals surface area (Å²) in [7, 11) is 0. The number of halogens is 1. The molecule has 1 heterocycles. The quantitative estimate of drug-likeness (QED) is 0.820. The molecule has 0 bridgehead atoms. The lowest BCUT2D eigenvalue weighted by Gasteiger charge is -2.15. The number of nitrogens with zero attached hydrogens (tertiary/aromatic N) is 1. The minimum atomic E-state index is -0.668. The van der Waals surface area contributed by atoms with Crippen LogP contribution >= 0.6 is 12.4 Å². The molecule has 1 aromatic rings. The second-order valence-corrected chi connectivity index (χ2v) is 5.65. The van der Waals surface area contributed by atoms with E-state index in [0.717, 1.165) is 31.7 Å². The smallest absolute Gasteiger partial charge is 0.307 e. The van der Waals surface area contributed by atoms with Crippen molar-refractivity contribution in [1.82, 2.24) is 4.90 Å². The highest BCUT2D eigenvalue weighted by molar-refractivity contribution is 5.85. The van der Waals surface area contributed by atoms with Crippen LogP contribution in [0.25, 0.3) is 0 Å². The van der Waals surface area contributed by atoms with Crippen molar-refractivity contribution in [2.45, 2.75) is 26.7 Å². The van der Waals surface area contributed by atoms with Gasteiger partial charge in [-0.2, -0.15) is 0 Å². The molecule has 1 aliphatic rings. The van der Waals surface area contributed by atoms with Gasteiger partial charge in [0.25, 0.3) is 0 Å². The lowest BCUT2D eigenvalue weighted by Crippen LogP contribution is -2.25. The maximum Gasteiger partial charge on any atom is 0.307 e. The predicted octanol–water partition coefficient (Wildman–Crippen LogP) is 2.90. The topological polar surface area (TPSA) is 49.8 Å². The van der Waals surface area contributed by atoms with Crippen LogP contribution in [0.5, 0.6) is 5.75 Å². The van der Waals surface area contributed by atoms with Crippen molar-refractivity contribution in [3.63, 3.8) is 0 Å². The van der Waals surface area contributed by atoms with Crippen LogP contribution in [0.1, 0.15) is 24.0 Å². The summed E-state index contributed by atoms with van der Waals surface area (Å²) in [4.78, 5) is 13.1. The van der Waals surface area contributed by atoms with Crippen molar-refractivity contribution in [3.8, 4) is 5.75 Å². The molecule has 21 heavy (non-hydrogen) atoms. The Labute approximate surface area is 132 Å².